The number of nitrogens with two attached hydrogens (primary N) is 1. The lowest BCUT2D eigenvalue weighted by Crippen LogP contribution is -2.29. The molecule has 0 aliphatic rings. The molecule has 0 aliphatic heterocycles. The number of aromatic nitrogens is 4. The number of amides is 1. The van der Waals surface area contributed by atoms with Crippen LogP contribution in [0.5, 0.6) is 0 Å². The fraction of sp³-hybridized carbons (Fsp3) is 0.588. The predicted molar refractivity (Wildman–Crippen MR) is 96.5 cm³/mol. The highest BCUT2D eigenvalue weighted by Gasteiger charge is 2.15. The van der Waals surface area contributed by atoms with Gasteiger partial charge in [0.25, 0.3) is 11.7 Å². The van der Waals surface area contributed by atoms with Crippen LogP contribution in [-0.4, -0.2) is 44.6 Å². The highest BCUT2D eigenvalue weighted by atomic mass is 16.5. The van der Waals surface area contributed by atoms with Gasteiger partial charge in [0.2, 0.25) is 5.95 Å². The Kier molecular flexibility index (Phi) is 6.88. The number of hydrogen-bond donors (Lipinski definition) is 2. The maximum Gasteiger partial charge on any atom is 0.306 e. The van der Waals surface area contributed by atoms with Crippen molar-refractivity contribution in [3.05, 3.63) is 17.0 Å². The molecule has 3 N–H and O–H groups in total. The molecule has 2 rings (SSSR count). The molecular formula is C17H26N6O3. The third-order valence-corrected chi connectivity index (χ3v) is 4.11. The molecule has 2 aromatic rings. The number of carbonyl (C=O) groups excluding carboxylic acids is 2. The molecule has 0 radical (unpaired) electrons. The maximum atomic E-state index is 11.9. The van der Waals surface area contributed by atoms with Gasteiger partial charge in [-0.3, -0.25) is 9.59 Å². The molecule has 0 unspecified atom stereocenters. The normalized spacial score (nSPS) is 10.9. The zero-order valence-electron chi connectivity index (χ0n) is 15.5. The molecule has 0 saturated carbocycles. The molecule has 0 saturated heterocycles. The number of aryl methyl sites for hydroxylation is 2. The summed E-state index contributed by atoms with van der Waals surface area (Å²) in [5, 5.41) is 6.83. The van der Waals surface area contributed by atoms with Crippen LogP contribution in [0.25, 0.3) is 5.78 Å². The Morgan fingerprint density at radius 1 is 1.23 bits per heavy atom. The average molecular weight is 362 g/mol. The Labute approximate surface area is 152 Å². The van der Waals surface area contributed by atoms with E-state index >= 15 is 0 Å². The summed E-state index contributed by atoms with van der Waals surface area (Å²) in [4.78, 5) is 31.9. The van der Waals surface area contributed by atoms with E-state index in [-0.39, 0.29) is 24.9 Å². The monoisotopic (exact) mass is 362 g/mol. The van der Waals surface area contributed by atoms with Crippen LogP contribution in [0.2, 0.25) is 0 Å². The second-order valence-electron chi connectivity index (χ2n) is 6.16. The van der Waals surface area contributed by atoms with Gasteiger partial charge in [-0.25, -0.2) is 4.98 Å². The van der Waals surface area contributed by atoms with Crippen LogP contribution in [0, 0.1) is 13.8 Å². The Morgan fingerprint density at radius 3 is 2.73 bits per heavy atom. The van der Waals surface area contributed by atoms with E-state index in [9.17, 15) is 9.59 Å². The number of nitrogens with one attached hydrogen (secondary N) is 1. The van der Waals surface area contributed by atoms with Crippen LogP contribution in [-0.2, 0) is 20.7 Å². The Hall–Kier alpha value is -2.71. The number of fused-ring (bicyclic) bond motifs is 1. The quantitative estimate of drug-likeness (QED) is 0.505. The molecular weight excluding hydrogens is 336 g/mol. The van der Waals surface area contributed by atoms with Crippen LogP contribution < -0.4 is 11.1 Å². The molecule has 2 heterocycles. The molecule has 9 nitrogen and oxygen atoms in total. The van der Waals surface area contributed by atoms with E-state index in [1.807, 2.05) is 13.8 Å². The SMILES string of the molecule is CCCCCNC(=O)COC(=O)CCc1c(C)nc2nc(N)nn2c1C. The van der Waals surface area contributed by atoms with Gasteiger partial charge in [0.05, 0.1) is 0 Å². The summed E-state index contributed by atoms with van der Waals surface area (Å²) >= 11 is 0. The van der Waals surface area contributed by atoms with E-state index in [2.05, 4.69) is 27.3 Å². The van der Waals surface area contributed by atoms with Gasteiger partial charge in [-0.2, -0.15) is 9.50 Å². The molecule has 2 aromatic heterocycles. The number of rotatable bonds is 9. The molecule has 0 aromatic carbocycles. The smallest absolute Gasteiger partial charge is 0.306 e. The first-order valence-electron chi connectivity index (χ1n) is 8.83. The number of ether oxygens (including phenoxy) is 1. The van der Waals surface area contributed by atoms with Crippen molar-refractivity contribution < 1.29 is 14.3 Å². The Balaban J connectivity index is 1.84. The fourth-order valence-corrected chi connectivity index (χ4v) is 2.68. The zero-order valence-corrected chi connectivity index (χ0v) is 15.5. The summed E-state index contributed by atoms with van der Waals surface area (Å²) in [6.07, 6.45) is 3.68. The first-order valence-corrected chi connectivity index (χ1v) is 8.83. The Bertz CT molecular complexity index is 786. The summed E-state index contributed by atoms with van der Waals surface area (Å²) in [6, 6.07) is 0. The van der Waals surface area contributed by atoms with Crippen LogP contribution in [0.15, 0.2) is 0 Å². The molecule has 0 fully saturated rings. The van der Waals surface area contributed by atoms with E-state index in [1.165, 1.54) is 0 Å². The van der Waals surface area contributed by atoms with Gasteiger partial charge in [-0.1, -0.05) is 19.8 Å². The molecule has 1 amide bonds. The molecule has 9 heteroatoms. The van der Waals surface area contributed by atoms with Gasteiger partial charge in [-0.05, 0) is 32.3 Å². The third kappa shape index (κ3) is 5.14. The van der Waals surface area contributed by atoms with Crippen molar-refractivity contribution in [3.8, 4) is 0 Å². The summed E-state index contributed by atoms with van der Waals surface area (Å²) in [5.41, 5.74) is 8.10. The minimum Gasteiger partial charge on any atom is -0.456 e. The van der Waals surface area contributed by atoms with Crippen molar-refractivity contribution in [3.63, 3.8) is 0 Å². The van der Waals surface area contributed by atoms with E-state index in [1.54, 1.807) is 4.52 Å². The summed E-state index contributed by atoms with van der Waals surface area (Å²) in [6.45, 7) is 6.18. The Morgan fingerprint density at radius 2 is 2.00 bits per heavy atom. The van der Waals surface area contributed by atoms with Crippen molar-refractivity contribution in [2.45, 2.75) is 52.9 Å². The van der Waals surface area contributed by atoms with Crippen LogP contribution >= 0.6 is 0 Å². The average Bonchev–Trinajstić information content (AvgIpc) is 2.97. The first kappa shape index (κ1) is 19.6. The summed E-state index contributed by atoms with van der Waals surface area (Å²) in [7, 11) is 0. The molecule has 0 bridgehead atoms. The number of esters is 1. The van der Waals surface area contributed by atoms with Crippen LogP contribution in [0.4, 0.5) is 5.95 Å². The second kappa shape index (κ2) is 9.12. The van der Waals surface area contributed by atoms with E-state index in [0.29, 0.717) is 18.7 Å². The molecule has 142 valence electrons. The minimum absolute atomic E-state index is 0.154. The number of anilines is 1. The first-order chi connectivity index (χ1) is 12.4. The van der Waals surface area contributed by atoms with Gasteiger partial charge >= 0.3 is 5.97 Å². The standard InChI is InChI=1S/C17H26N6O3/c1-4-5-6-9-19-14(24)10-26-15(25)8-7-13-11(2)20-17-21-16(18)22-23(17)12(13)3/h4-10H2,1-3H3,(H2,18,22)(H,19,24). The highest BCUT2D eigenvalue weighted by molar-refractivity contribution is 5.80. The van der Waals surface area contributed by atoms with E-state index in [0.717, 1.165) is 36.2 Å². The van der Waals surface area contributed by atoms with Crippen molar-refractivity contribution in [1.29, 1.82) is 0 Å². The maximum absolute atomic E-state index is 11.9. The molecule has 0 aliphatic carbocycles. The van der Waals surface area contributed by atoms with Gasteiger partial charge < -0.3 is 15.8 Å². The van der Waals surface area contributed by atoms with Crippen LogP contribution in [0.3, 0.4) is 0 Å². The van der Waals surface area contributed by atoms with Gasteiger partial charge in [0.1, 0.15) is 0 Å². The predicted octanol–water partition coefficient (Wildman–Crippen LogP) is 1.11. The van der Waals surface area contributed by atoms with Crippen molar-refractivity contribution in [2.24, 2.45) is 0 Å². The van der Waals surface area contributed by atoms with Gasteiger partial charge in [0, 0.05) is 24.4 Å². The number of unbranched alkanes of at least 4 members (excludes halogenated alkanes) is 2. The van der Waals surface area contributed by atoms with E-state index < -0.39 is 5.97 Å². The lowest BCUT2D eigenvalue weighted by Gasteiger charge is -2.10. The number of hydrogen-bond acceptors (Lipinski definition) is 7. The van der Waals surface area contributed by atoms with Crippen LogP contribution in [0.1, 0.15) is 49.6 Å². The lowest BCUT2D eigenvalue weighted by atomic mass is 10.1. The fourth-order valence-electron chi connectivity index (χ4n) is 2.68. The van der Waals surface area contributed by atoms with E-state index in [4.69, 9.17) is 10.5 Å². The number of nitrogens with zero attached hydrogens (tertiary/aromatic N) is 4. The second-order valence-corrected chi connectivity index (χ2v) is 6.16. The summed E-state index contributed by atoms with van der Waals surface area (Å²) < 4.78 is 6.59. The summed E-state index contributed by atoms with van der Waals surface area (Å²) in [5.74, 6) is -0.112. The van der Waals surface area contributed by atoms with Crippen molar-refractivity contribution in [1.82, 2.24) is 24.9 Å². The number of carbonyl (C=O) groups is 2. The number of nitrogen functional groups attached to an aromatic ring is 1. The van der Waals surface area contributed by atoms with Gasteiger partial charge in [-0.15, -0.1) is 5.10 Å². The van der Waals surface area contributed by atoms with Crippen molar-refractivity contribution in [2.75, 3.05) is 18.9 Å². The molecule has 26 heavy (non-hydrogen) atoms. The third-order valence-electron chi connectivity index (χ3n) is 4.11. The lowest BCUT2D eigenvalue weighted by molar-refractivity contribution is -0.148. The highest BCUT2D eigenvalue weighted by Crippen LogP contribution is 2.16. The minimum atomic E-state index is -0.425. The topological polar surface area (TPSA) is 124 Å². The van der Waals surface area contributed by atoms with Gasteiger partial charge in [0.15, 0.2) is 6.61 Å². The molecule has 0 atom stereocenters. The zero-order chi connectivity index (χ0) is 19.1. The van der Waals surface area contributed by atoms with Crippen molar-refractivity contribution >= 4 is 23.6 Å². The largest absolute Gasteiger partial charge is 0.456 e. The molecule has 0 spiro atoms.